The Balaban J connectivity index is 2.86. The van der Waals surface area contributed by atoms with Gasteiger partial charge < -0.3 is 4.74 Å². The fraction of sp³-hybridized carbons (Fsp3) is 0.700. The number of ether oxygens (including phenoxy) is 1. The molecule has 1 heterocycles. The van der Waals surface area contributed by atoms with Crippen LogP contribution in [0.25, 0.3) is 0 Å². The molecule has 1 aromatic rings. The van der Waals surface area contributed by atoms with Gasteiger partial charge in [-0.05, 0) is 6.42 Å². The second kappa shape index (κ2) is 7.06. The molecule has 0 spiro atoms. The molecule has 0 unspecified atom stereocenters. The van der Waals surface area contributed by atoms with Crippen LogP contribution < -0.4 is 0 Å². The van der Waals surface area contributed by atoms with Crippen molar-refractivity contribution >= 4 is 19.7 Å². The van der Waals surface area contributed by atoms with E-state index in [1.165, 1.54) is 4.68 Å². The summed E-state index contributed by atoms with van der Waals surface area (Å²) in [5, 5.41) is 3.80. The predicted octanol–water partition coefficient (Wildman–Crippen LogP) is 2.10. The van der Waals surface area contributed by atoms with Crippen molar-refractivity contribution in [2.75, 3.05) is 13.3 Å². The summed E-state index contributed by atoms with van der Waals surface area (Å²) in [6, 6.07) is 0. The third kappa shape index (κ3) is 4.22. The number of nitrogens with zero attached hydrogens (tertiary/aromatic N) is 2. The summed E-state index contributed by atoms with van der Waals surface area (Å²) in [5.74, 6) is 0. The van der Waals surface area contributed by atoms with E-state index in [0.29, 0.717) is 12.3 Å². The number of rotatable bonds is 8. The van der Waals surface area contributed by atoms with Gasteiger partial charge in [0.15, 0.2) is 0 Å². The van der Waals surface area contributed by atoms with Gasteiger partial charge in [0.25, 0.3) is 9.05 Å². The first-order valence-corrected chi connectivity index (χ1v) is 7.94. The lowest BCUT2D eigenvalue weighted by Crippen LogP contribution is -2.10. The van der Waals surface area contributed by atoms with Gasteiger partial charge >= 0.3 is 0 Å². The molecule has 0 aliphatic rings. The second-order valence-electron chi connectivity index (χ2n) is 3.71. The lowest BCUT2D eigenvalue weighted by Gasteiger charge is -2.07. The summed E-state index contributed by atoms with van der Waals surface area (Å²) < 4.78 is 41.6. The van der Waals surface area contributed by atoms with Crippen molar-refractivity contribution in [2.24, 2.45) is 0 Å². The Morgan fingerprint density at radius 1 is 1.56 bits per heavy atom. The van der Waals surface area contributed by atoms with Crippen molar-refractivity contribution in [1.82, 2.24) is 9.78 Å². The number of unbranched alkanes of at least 4 members (excludes halogenated alkanes) is 1. The minimum absolute atomic E-state index is 0.0150. The number of halogens is 2. The van der Waals surface area contributed by atoms with Gasteiger partial charge in [-0.2, -0.15) is 5.10 Å². The number of hydrogen-bond acceptors (Lipinski definition) is 4. The molecule has 0 amide bonds. The Morgan fingerprint density at radius 3 is 2.83 bits per heavy atom. The van der Waals surface area contributed by atoms with E-state index in [0.717, 1.165) is 19.0 Å². The average Bonchev–Trinajstić information content (AvgIpc) is 2.68. The normalized spacial score (nSPS) is 11.9. The van der Waals surface area contributed by atoms with Gasteiger partial charge in [-0.25, -0.2) is 12.8 Å². The maximum absolute atomic E-state index is 12.3. The third-order valence-corrected chi connectivity index (χ3v) is 3.72. The zero-order valence-corrected chi connectivity index (χ0v) is 11.7. The molecule has 8 heteroatoms. The van der Waals surface area contributed by atoms with E-state index in [9.17, 15) is 12.8 Å². The summed E-state index contributed by atoms with van der Waals surface area (Å²) in [6.45, 7) is 1.94. The molecule has 0 aliphatic heterocycles. The topological polar surface area (TPSA) is 61.2 Å². The number of hydrogen-bond donors (Lipinski definition) is 0. The SMILES string of the molecule is CCCCOCc1c(S(=O)(=O)Cl)cnn1CCF. The molecule has 18 heavy (non-hydrogen) atoms. The molecule has 0 atom stereocenters. The van der Waals surface area contributed by atoms with Crippen molar-refractivity contribution < 1.29 is 17.5 Å². The van der Waals surface area contributed by atoms with E-state index in [2.05, 4.69) is 5.10 Å². The van der Waals surface area contributed by atoms with Crippen LogP contribution in [0.2, 0.25) is 0 Å². The molecule has 0 bridgehead atoms. The van der Waals surface area contributed by atoms with Crippen molar-refractivity contribution in [2.45, 2.75) is 37.8 Å². The molecule has 0 radical (unpaired) electrons. The summed E-state index contributed by atoms with van der Waals surface area (Å²) in [5.41, 5.74) is 0.291. The van der Waals surface area contributed by atoms with Crippen LogP contribution in [0.3, 0.4) is 0 Å². The van der Waals surface area contributed by atoms with Crippen LogP contribution >= 0.6 is 10.7 Å². The Morgan fingerprint density at radius 2 is 2.28 bits per heavy atom. The number of aromatic nitrogens is 2. The summed E-state index contributed by atoms with van der Waals surface area (Å²) >= 11 is 0. The highest BCUT2D eigenvalue weighted by molar-refractivity contribution is 8.13. The first kappa shape index (κ1) is 15.4. The maximum Gasteiger partial charge on any atom is 0.264 e. The highest BCUT2D eigenvalue weighted by atomic mass is 35.7. The van der Waals surface area contributed by atoms with Crippen LogP contribution in [0, 0.1) is 0 Å². The minimum atomic E-state index is -3.89. The Hall–Kier alpha value is -0.660. The van der Waals surface area contributed by atoms with Gasteiger partial charge in [0.05, 0.1) is 25.0 Å². The van der Waals surface area contributed by atoms with Crippen molar-refractivity contribution in [3.8, 4) is 0 Å². The zero-order chi connectivity index (χ0) is 13.6. The van der Waals surface area contributed by atoms with Crippen LogP contribution in [0.1, 0.15) is 25.5 Å². The lowest BCUT2D eigenvalue weighted by atomic mass is 10.3. The van der Waals surface area contributed by atoms with E-state index in [-0.39, 0.29) is 18.0 Å². The quantitative estimate of drug-likeness (QED) is 0.545. The first-order valence-electron chi connectivity index (χ1n) is 5.63. The molecule has 0 aliphatic carbocycles. The predicted molar refractivity (Wildman–Crippen MR) is 65.8 cm³/mol. The molecular weight excluding hydrogens is 283 g/mol. The lowest BCUT2D eigenvalue weighted by molar-refractivity contribution is 0.110. The molecule has 104 valence electrons. The highest BCUT2D eigenvalue weighted by Gasteiger charge is 2.21. The van der Waals surface area contributed by atoms with Gasteiger partial charge in [-0.3, -0.25) is 4.68 Å². The minimum Gasteiger partial charge on any atom is -0.375 e. The Bertz CT molecular complexity index is 475. The van der Waals surface area contributed by atoms with E-state index in [4.69, 9.17) is 15.4 Å². The van der Waals surface area contributed by atoms with E-state index in [1.54, 1.807) is 0 Å². The van der Waals surface area contributed by atoms with Gasteiger partial charge in [0.1, 0.15) is 11.6 Å². The molecule has 5 nitrogen and oxygen atoms in total. The van der Waals surface area contributed by atoms with E-state index in [1.807, 2.05) is 6.92 Å². The maximum atomic E-state index is 12.3. The van der Waals surface area contributed by atoms with Crippen molar-refractivity contribution in [1.29, 1.82) is 0 Å². The molecule has 0 saturated heterocycles. The third-order valence-electron chi connectivity index (χ3n) is 2.35. The van der Waals surface area contributed by atoms with Crippen LogP contribution in [-0.4, -0.2) is 31.5 Å². The largest absolute Gasteiger partial charge is 0.375 e. The van der Waals surface area contributed by atoms with Crippen molar-refractivity contribution in [3.05, 3.63) is 11.9 Å². The van der Waals surface area contributed by atoms with Crippen LogP contribution in [0.15, 0.2) is 11.1 Å². The van der Waals surface area contributed by atoms with Crippen LogP contribution in [-0.2, 0) is 26.9 Å². The van der Waals surface area contributed by atoms with Crippen LogP contribution in [0.5, 0.6) is 0 Å². The molecule has 0 saturated carbocycles. The molecule has 0 fully saturated rings. The summed E-state index contributed by atoms with van der Waals surface area (Å²) in [6.07, 6.45) is 2.97. The van der Waals surface area contributed by atoms with E-state index < -0.39 is 15.7 Å². The van der Waals surface area contributed by atoms with Gasteiger partial charge in [-0.1, -0.05) is 13.3 Å². The average molecular weight is 299 g/mol. The van der Waals surface area contributed by atoms with E-state index >= 15 is 0 Å². The summed E-state index contributed by atoms with van der Waals surface area (Å²) in [7, 11) is 1.40. The van der Waals surface area contributed by atoms with Gasteiger partial charge in [0.2, 0.25) is 0 Å². The molecule has 1 rings (SSSR count). The monoisotopic (exact) mass is 298 g/mol. The van der Waals surface area contributed by atoms with Gasteiger partial charge in [0, 0.05) is 17.3 Å². The molecule has 0 aromatic carbocycles. The fourth-order valence-electron chi connectivity index (χ4n) is 1.43. The van der Waals surface area contributed by atoms with Crippen molar-refractivity contribution in [3.63, 3.8) is 0 Å². The first-order chi connectivity index (χ1) is 8.50. The number of alkyl halides is 1. The van der Waals surface area contributed by atoms with Crippen LogP contribution in [0.4, 0.5) is 4.39 Å². The molecule has 0 N–H and O–H groups in total. The Kier molecular flexibility index (Phi) is 6.04. The smallest absolute Gasteiger partial charge is 0.264 e. The zero-order valence-electron chi connectivity index (χ0n) is 10.1. The number of aryl methyl sites for hydroxylation is 1. The molecule has 1 aromatic heterocycles. The second-order valence-corrected chi connectivity index (χ2v) is 6.25. The molecular formula is C10H16ClFN2O3S. The van der Waals surface area contributed by atoms with Gasteiger partial charge in [-0.15, -0.1) is 0 Å². The highest BCUT2D eigenvalue weighted by Crippen LogP contribution is 2.20. The standard InChI is InChI=1S/C10H16ClFN2O3S/c1-2-3-6-17-8-9-10(18(11,15)16)7-13-14(9)5-4-12/h7H,2-6,8H2,1H3. The summed E-state index contributed by atoms with van der Waals surface area (Å²) in [4.78, 5) is -0.117. The fourth-order valence-corrected chi connectivity index (χ4v) is 2.44. The Labute approximate surface area is 110 Å².